The van der Waals surface area contributed by atoms with Crippen LogP contribution >= 0.6 is 23.1 Å². The Hall–Kier alpha value is -1.01. The number of rotatable bonds is 5. The summed E-state index contributed by atoms with van der Waals surface area (Å²) in [6.45, 7) is 6.40. The van der Waals surface area contributed by atoms with Crippen molar-refractivity contribution in [2.45, 2.75) is 26.5 Å². The van der Waals surface area contributed by atoms with Gasteiger partial charge in [-0.25, -0.2) is 0 Å². The van der Waals surface area contributed by atoms with Crippen LogP contribution in [-0.4, -0.2) is 15.9 Å². The maximum absolute atomic E-state index is 5.76. The Morgan fingerprint density at radius 3 is 2.89 bits per heavy atom. The van der Waals surface area contributed by atoms with Gasteiger partial charge in [0.1, 0.15) is 0 Å². The zero-order chi connectivity index (χ0) is 13.1. The molecule has 0 aliphatic carbocycles. The largest absolute Gasteiger partial charge is 0.391 e. The van der Waals surface area contributed by atoms with E-state index in [9.17, 15) is 0 Å². The normalized spacial score (nSPS) is 11.3. The number of nitrogen functional groups attached to an aromatic ring is 1. The second kappa shape index (κ2) is 5.75. The maximum Gasteiger partial charge on any atom is 0.268 e. The molecule has 4 nitrogen and oxygen atoms in total. The minimum atomic E-state index is 0.578. The Labute approximate surface area is 115 Å². The molecule has 6 heteroatoms. The Balaban J connectivity index is 2.04. The molecule has 18 heavy (non-hydrogen) atoms. The van der Waals surface area contributed by atoms with E-state index in [1.807, 2.05) is 24.8 Å². The molecule has 0 saturated carbocycles. The van der Waals surface area contributed by atoms with Crippen LogP contribution in [0.2, 0.25) is 0 Å². The molecule has 0 aliphatic heterocycles. The lowest BCUT2D eigenvalue weighted by molar-refractivity contribution is 0.426. The number of nitrogens with zero attached hydrogens (tertiary/aromatic N) is 2. The molecule has 0 aliphatic rings. The lowest BCUT2D eigenvalue weighted by Crippen LogP contribution is -1.92. The molecule has 0 unspecified atom stereocenters. The summed E-state index contributed by atoms with van der Waals surface area (Å²) in [6, 6.07) is 1.93. The highest BCUT2D eigenvalue weighted by Crippen LogP contribution is 2.32. The molecule has 98 valence electrons. The molecule has 2 N–H and O–H groups in total. The van der Waals surface area contributed by atoms with E-state index >= 15 is 0 Å². The van der Waals surface area contributed by atoms with Crippen molar-refractivity contribution in [3.8, 4) is 10.8 Å². The van der Waals surface area contributed by atoms with Gasteiger partial charge in [0, 0.05) is 0 Å². The molecular weight excluding hydrogens is 266 g/mol. The third kappa shape index (κ3) is 3.26. The minimum absolute atomic E-state index is 0.578. The molecule has 0 spiro atoms. The van der Waals surface area contributed by atoms with Crippen molar-refractivity contribution in [2.75, 3.05) is 11.5 Å². The molecule has 0 amide bonds. The molecule has 2 heterocycles. The van der Waals surface area contributed by atoms with Gasteiger partial charge >= 0.3 is 0 Å². The van der Waals surface area contributed by atoms with Gasteiger partial charge in [-0.15, -0.1) is 11.3 Å². The van der Waals surface area contributed by atoms with Crippen LogP contribution in [0.15, 0.2) is 10.6 Å². The fourth-order valence-electron chi connectivity index (χ4n) is 1.51. The van der Waals surface area contributed by atoms with Crippen molar-refractivity contribution >= 4 is 28.1 Å². The van der Waals surface area contributed by atoms with Gasteiger partial charge in [0.15, 0.2) is 5.82 Å². The quantitative estimate of drug-likeness (QED) is 0.908. The third-order valence-corrected chi connectivity index (χ3v) is 4.70. The molecule has 0 atom stereocenters. The van der Waals surface area contributed by atoms with Crippen molar-refractivity contribution in [1.82, 2.24) is 10.1 Å². The summed E-state index contributed by atoms with van der Waals surface area (Å²) in [5.74, 6) is 3.91. The summed E-state index contributed by atoms with van der Waals surface area (Å²) in [5.41, 5.74) is 6.85. The molecule has 0 fully saturated rings. The van der Waals surface area contributed by atoms with Crippen LogP contribution < -0.4 is 5.73 Å². The number of aryl methyl sites for hydroxylation is 1. The van der Waals surface area contributed by atoms with Crippen LogP contribution in [0.3, 0.4) is 0 Å². The summed E-state index contributed by atoms with van der Waals surface area (Å²) in [6.07, 6.45) is 0. The molecule has 0 radical (unpaired) electrons. The van der Waals surface area contributed by atoms with Crippen LogP contribution in [0, 0.1) is 12.8 Å². The first-order chi connectivity index (χ1) is 8.56. The first-order valence-electron chi connectivity index (χ1n) is 5.83. The predicted octanol–water partition coefficient (Wildman–Crippen LogP) is 3.58. The van der Waals surface area contributed by atoms with Crippen LogP contribution in [0.1, 0.15) is 25.2 Å². The average Bonchev–Trinajstić information content (AvgIpc) is 2.85. The topological polar surface area (TPSA) is 64.9 Å². The number of thiophene rings is 1. The van der Waals surface area contributed by atoms with Crippen molar-refractivity contribution in [3.63, 3.8) is 0 Å². The van der Waals surface area contributed by atoms with Gasteiger partial charge in [0.25, 0.3) is 5.89 Å². The number of thioether (sulfide) groups is 1. The minimum Gasteiger partial charge on any atom is -0.391 e. The van der Waals surface area contributed by atoms with E-state index in [2.05, 4.69) is 24.0 Å². The predicted molar refractivity (Wildman–Crippen MR) is 77.8 cm³/mol. The maximum atomic E-state index is 5.76. The van der Waals surface area contributed by atoms with E-state index in [1.165, 1.54) is 11.3 Å². The van der Waals surface area contributed by atoms with Crippen LogP contribution in [0.4, 0.5) is 5.00 Å². The monoisotopic (exact) mass is 283 g/mol. The average molecular weight is 283 g/mol. The summed E-state index contributed by atoms with van der Waals surface area (Å²) < 4.78 is 5.28. The first-order valence-corrected chi connectivity index (χ1v) is 7.80. The van der Waals surface area contributed by atoms with E-state index in [1.54, 1.807) is 0 Å². The molecule has 0 aromatic carbocycles. The zero-order valence-corrected chi connectivity index (χ0v) is 12.4. The van der Waals surface area contributed by atoms with Gasteiger partial charge in [0.05, 0.1) is 15.6 Å². The van der Waals surface area contributed by atoms with Gasteiger partial charge in [-0.2, -0.15) is 16.7 Å². The van der Waals surface area contributed by atoms with Gasteiger partial charge in [-0.05, 0) is 30.2 Å². The standard InChI is InChI=1S/C12H17N3OS2/c1-7(2)5-17-6-10-14-12(16-15-10)11-8(3)4-9(13)18-11/h4,7H,5-6,13H2,1-3H3. The van der Waals surface area contributed by atoms with E-state index in [4.69, 9.17) is 10.3 Å². The fraction of sp³-hybridized carbons (Fsp3) is 0.500. The SMILES string of the molecule is Cc1cc(N)sc1-c1nc(CSCC(C)C)no1. The second-order valence-corrected chi connectivity index (χ2v) is 6.70. The van der Waals surface area contributed by atoms with Gasteiger partial charge < -0.3 is 10.3 Å². The van der Waals surface area contributed by atoms with Crippen LogP contribution in [0.5, 0.6) is 0 Å². The molecular formula is C12H17N3OS2. The fourth-order valence-corrected chi connectivity index (χ4v) is 3.26. The molecule has 0 saturated heterocycles. The Morgan fingerprint density at radius 2 is 2.28 bits per heavy atom. The highest BCUT2D eigenvalue weighted by molar-refractivity contribution is 7.98. The summed E-state index contributed by atoms with van der Waals surface area (Å²) in [5, 5.41) is 4.77. The highest BCUT2D eigenvalue weighted by Gasteiger charge is 2.14. The van der Waals surface area contributed by atoms with E-state index in [0.717, 1.165) is 32.8 Å². The summed E-state index contributed by atoms with van der Waals surface area (Å²) in [7, 11) is 0. The Bertz CT molecular complexity index is 519. The van der Waals surface area contributed by atoms with Gasteiger partial charge in [0.2, 0.25) is 0 Å². The van der Waals surface area contributed by atoms with E-state index < -0.39 is 0 Å². The van der Waals surface area contributed by atoms with Crippen LogP contribution in [0.25, 0.3) is 10.8 Å². The molecule has 2 aromatic heterocycles. The Morgan fingerprint density at radius 1 is 1.50 bits per heavy atom. The van der Waals surface area contributed by atoms with Crippen molar-refractivity contribution in [3.05, 3.63) is 17.5 Å². The van der Waals surface area contributed by atoms with Gasteiger partial charge in [-0.1, -0.05) is 19.0 Å². The zero-order valence-electron chi connectivity index (χ0n) is 10.8. The molecule has 2 aromatic rings. The number of anilines is 1. The smallest absolute Gasteiger partial charge is 0.268 e. The molecule has 0 bridgehead atoms. The van der Waals surface area contributed by atoms with E-state index in [-0.39, 0.29) is 0 Å². The van der Waals surface area contributed by atoms with E-state index in [0.29, 0.717) is 11.8 Å². The first kappa shape index (κ1) is 13.4. The van der Waals surface area contributed by atoms with Crippen LogP contribution in [-0.2, 0) is 5.75 Å². The number of nitrogens with two attached hydrogens (primary N) is 1. The lowest BCUT2D eigenvalue weighted by atomic mass is 10.3. The summed E-state index contributed by atoms with van der Waals surface area (Å²) >= 11 is 3.31. The Kier molecular flexibility index (Phi) is 4.29. The number of hydrogen-bond acceptors (Lipinski definition) is 6. The highest BCUT2D eigenvalue weighted by atomic mass is 32.2. The van der Waals surface area contributed by atoms with Crippen molar-refractivity contribution < 1.29 is 4.52 Å². The van der Waals surface area contributed by atoms with Crippen molar-refractivity contribution in [1.29, 1.82) is 0 Å². The lowest BCUT2D eigenvalue weighted by Gasteiger charge is -2.00. The number of aromatic nitrogens is 2. The third-order valence-electron chi connectivity index (χ3n) is 2.28. The van der Waals surface area contributed by atoms with Crippen molar-refractivity contribution in [2.24, 2.45) is 5.92 Å². The summed E-state index contributed by atoms with van der Waals surface area (Å²) in [4.78, 5) is 5.38. The number of hydrogen-bond donors (Lipinski definition) is 1. The molecule has 2 rings (SSSR count). The second-order valence-electron chi connectivity index (χ2n) is 4.59. The van der Waals surface area contributed by atoms with Gasteiger partial charge in [-0.3, -0.25) is 0 Å².